The normalized spacial score (nSPS) is 18.5. The van der Waals surface area contributed by atoms with Crippen LogP contribution in [0, 0.1) is 5.92 Å². The van der Waals surface area contributed by atoms with Gasteiger partial charge in [-0.3, -0.25) is 0 Å². The molecule has 1 saturated carbocycles. The minimum Gasteiger partial charge on any atom is -0.387 e. The predicted octanol–water partition coefficient (Wildman–Crippen LogP) is 4.38. The maximum atomic E-state index is 10.5. The third kappa shape index (κ3) is 2.99. The maximum absolute atomic E-state index is 10.5. The number of nitrogens with zero attached hydrogens (tertiary/aromatic N) is 2. The van der Waals surface area contributed by atoms with Crippen LogP contribution in [-0.4, -0.2) is 14.5 Å². The Kier molecular flexibility index (Phi) is 4.27. The van der Waals surface area contributed by atoms with Gasteiger partial charge in [0.15, 0.2) is 0 Å². The van der Waals surface area contributed by atoms with Crippen LogP contribution in [0.2, 0.25) is 5.02 Å². The third-order valence-electron chi connectivity index (χ3n) is 4.43. The number of aliphatic hydroxyl groups excluding tert-OH is 1. The molecule has 3 nitrogen and oxygen atoms in total. The summed E-state index contributed by atoms with van der Waals surface area (Å²) < 4.78 is 1.93. The largest absolute Gasteiger partial charge is 0.387 e. The van der Waals surface area contributed by atoms with E-state index in [0.717, 1.165) is 30.0 Å². The Balaban J connectivity index is 1.71. The van der Waals surface area contributed by atoms with E-state index in [1.54, 1.807) is 12.5 Å². The molecule has 0 aromatic carbocycles. The second-order valence-electron chi connectivity index (χ2n) is 5.88. The molecule has 2 aromatic rings. The first kappa shape index (κ1) is 13.9. The van der Waals surface area contributed by atoms with Gasteiger partial charge in [-0.25, -0.2) is 4.98 Å². The summed E-state index contributed by atoms with van der Waals surface area (Å²) in [4.78, 5) is 4.13. The minimum atomic E-state index is -0.465. The molecule has 1 aliphatic carbocycles. The lowest BCUT2D eigenvalue weighted by Gasteiger charge is -2.23. The van der Waals surface area contributed by atoms with Gasteiger partial charge >= 0.3 is 0 Å². The molecule has 1 N–H and O–H groups in total. The molecule has 1 unspecified atom stereocenters. The number of aliphatic hydroxyl groups is 1. The van der Waals surface area contributed by atoms with Gasteiger partial charge in [-0.05, 0) is 30.9 Å². The topological polar surface area (TPSA) is 37.5 Å². The summed E-state index contributed by atoms with van der Waals surface area (Å²) in [5, 5.41) is 11.1. The van der Waals surface area contributed by atoms with Crippen molar-refractivity contribution in [3.8, 4) is 0 Å². The fraction of sp³-hybridized carbons (Fsp3) is 0.562. The van der Waals surface area contributed by atoms with Gasteiger partial charge in [-0.1, -0.05) is 43.7 Å². The van der Waals surface area contributed by atoms with Crippen LogP contribution in [0.3, 0.4) is 0 Å². The summed E-state index contributed by atoms with van der Waals surface area (Å²) in [6.45, 7) is 0. The van der Waals surface area contributed by atoms with Gasteiger partial charge in [0.1, 0.15) is 0 Å². The fourth-order valence-electron chi connectivity index (χ4n) is 3.30. The van der Waals surface area contributed by atoms with Crippen LogP contribution >= 0.6 is 11.6 Å². The molecule has 4 heteroatoms. The summed E-state index contributed by atoms with van der Waals surface area (Å²) in [6, 6.07) is 3.72. The molecular formula is C16H21ClN2O. The summed E-state index contributed by atoms with van der Waals surface area (Å²) >= 11 is 6.12. The standard InChI is InChI=1S/C16H21ClN2O/c17-13-8-14-10-18-11-19(14)15(9-13)16(20)7-6-12-4-2-1-3-5-12/h8-12,16,20H,1-7H2. The van der Waals surface area contributed by atoms with E-state index in [0.29, 0.717) is 5.02 Å². The van der Waals surface area contributed by atoms with E-state index in [1.807, 2.05) is 16.5 Å². The van der Waals surface area contributed by atoms with Crippen molar-refractivity contribution in [3.63, 3.8) is 0 Å². The molecule has 0 spiro atoms. The lowest BCUT2D eigenvalue weighted by atomic mass is 9.85. The number of pyridine rings is 1. The highest BCUT2D eigenvalue weighted by atomic mass is 35.5. The molecule has 1 atom stereocenters. The molecule has 2 heterocycles. The van der Waals surface area contributed by atoms with E-state index in [4.69, 9.17) is 11.6 Å². The monoisotopic (exact) mass is 292 g/mol. The van der Waals surface area contributed by atoms with Gasteiger partial charge < -0.3 is 9.51 Å². The van der Waals surface area contributed by atoms with Crippen LogP contribution in [0.15, 0.2) is 24.7 Å². The Hall–Kier alpha value is -1.06. The lowest BCUT2D eigenvalue weighted by Crippen LogP contribution is -2.10. The minimum absolute atomic E-state index is 0.465. The predicted molar refractivity (Wildman–Crippen MR) is 81.0 cm³/mol. The Morgan fingerprint density at radius 1 is 1.30 bits per heavy atom. The Morgan fingerprint density at radius 2 is 2.10 bits per heavy atom. The first-order valence-electron chi connectivity index (χ1n) is 7.53. The quantitative estimate of drug-likeness (QED) is 0.908. The number of imidazole rings is 1. The first-order chi connectivity index (χ1) is 9.74. The fourth-order valence-corrected chi connectivity index (χ4v) is 3.52. The second-order valence-corrected chi connectivity index (χ2v) is 6.32. The molecule has 0 amide bonds. The zero-order valence-electron chi connectivity index (χ0n) is 11.6. The van der Waals surface area contributed by atoms with Crippen LogP contribution in [0.5, 0.6) is 0 Å². The van der Waals surface area contributed by atoms with Gasteiger partial charge in [-0.2, -0.15) is 0 Å². The van der Waals surface area contributed by atoms with Crippen LogP contribution < -0.4 is 0 Å². The molecule has 0 aliphatic heterocycles. The molecule has 3 rings (SSSR count). The smallest absolute Gasteiger partial charge is 0.0995 e. The summed E-state index contributed by atoms with van der Waals surface area (Å²) in [6.07, 6.45) is 11.7. The second kappa shape index (κ2) is 6.15. The van der Waals surface area contributed by atoms with Crippen molar-refractivity contribution < 1.29 is 5.11 Å². The highest BCUT2D eigenvalue weighted by Crippen LogP contribution is 2.31. The van der Waals surface area contributed by atoms with E-state index in [-0.39, 0.29) is 0 Å². The maximum Gasteiger partial charge on any atom is 0.0995 e. The number of hydrogen-bond donors (Lipinski definition) is 1. The number of fused-ring (bicyclic) bond motifs is 1. The van der Waals surface area contributed by atoms with Crippen molar-refractivity contribution in [3.05, 3.63) is 35.4 Å². The van der Waals surface area contributed by atoms with Gasteiger partial charge in [0.25, 0.3) is 0 Å². The van der Waals surface area contributed by atoms with Crippen LogP contribution in [-0.2, 0) is 0 Å². The molecule has 2 aromatic heterocycles. The molecule has 1 aliphatic rings. The third-order valence-corrected chi connectivity index (χ3v) is 4.65. The van der Waals surface area contributed by atoms with Crippen molar-refractivity contribution in [1.82, 2.24) is 9.38 Å². The number of hydrogen-bond acceptors (Lipinski definition) is 2. The van der Waals surface area contributed by atoms with E-state index in [2.05, 4.69) is 4.98 Å². The van der Waals surface area contributed by atoms with Crippen LogP contribution in [0.25, 0.3) is 5.52 Å². The van der Waals surface area contributed by atoms with Gasteiger partial charge in [-0.15, -0.1) is 0 Å². The number of aromatic nitrogens is 2. The molecule has 108 valence electrons. The summed E-state index contributed by atoms with van der Waals surface area (Å²) in [5.41, 5.74) is 1.78. The lowest BCUT2D eigenvalue weighted by molar-refractivity contribution is 0.146. The molecule has 20 heavy (non-hydrogen) atoms. The molecule has 0 radical (unpaired) electrons. The van der Waals surface area contributed by atoms with Crippen molar-refractivity contribution in [2.75, 3.05) is 0 Å². The zero-order chi connectivity index (χ0) is 13.9. The highest BCUT2D eigenvalue weighted by molar-refractivity contribution is 6.31. The summed E-state index contributed by atoms with van der Waals surface area (Å²) in [5.74, 6) is 0.788. The van der Waals surface area contributed by atoms with E-state index in [9.17, 15) is 5.11 Å². The first-order valence-corrected chi connectivity index (χ1v) is 7.91. The van der Waals surface area contributed by atoms with Gasteiger partial charge in [0, 0.05) is 5.02 Å². The van der Waals surface area contributed by atoms with Crippen LogP contribution in [0.1, 0.15) is 56.7 Å². The van der Waals surface area contributed by atoms with Gasteiger partial charge in [0.2, 0.25) is 0 Å². The van der Waals surface area contributed by atoms with E-state index in [1.165, 1.54) is 32.1 Å². The summed E-state index contributed by atoms with van der Waals surface area (Å²) in [7, 11) is 0. The van der Waals surface area contributed by atoms with Crippen molar-refractivity contribution in [2.45, 2.75) is 51.0 Å². The SMILES string of the molecule is OC(CCC1CCCCC1)c1cc(Cl)cc2cncn12. The average Bonchev–Trinajstić information content (AvgIpc) is 2.93. The Bertz CT molecular complexity index is 575. The molecule has 0 saturated heterocycles. The van der Waals surface area contributed by atoms with Crippen molar-refractivity contribution in [1.29, 1.82) is 0 Å². The molecule has 0 bridgehead atoms. The average molecular weight is 293 g/mol. The van der Waals surface area contributed by atoms with E-state index >= 15 is 0 Å². The highest BCUT2D eigenvalue weighted by Gasteiger charge is 2.18. The van der Waals surface area contributed by atoms with Crippen LogP contribution in [0.4, 0.5) is 0 Å². The van der Waals surface area contributed by atoms with Crippen molar-refractivity contribution in [2.24, 2.45) is 5.92 Å². The Morgan fingerprint density at radius 3 is 2.90 bits per heavy atom. The molecule has 1 fully saturated rings. The number of rotatable bonds is 4. The van der Waals surface area contributed by atoms with Crippen molar-refractivity contribution >= 4 is 17.1 Å². The Labute approximate surface area is 124 Å². The van der Waals surface area contributed by atoms with E-state index < -0.39 is 6.10 Å². The zero-order valence-corrected chi connectivity index (χ0v) is 12.4. The number of halogens is 1. The van der Waals surface area contributed by atoms with Gasteiger partial charge in [0.05, 0.1) is 29.8 Å². The molecular weight excluding hydrogens is 272 g/mol.